The van der Waals surface area contributed by atoms with Crippen molar-refractivity contribution in [1.29, 1.82) is 0 Å². The number of allylic oxidation sites excluding steroid dienone is 1. The zero-order chi connectivity index (χ0) is 24.8. The SMILES string of the molecule is CCCN1C(=O)N[C@@H](c2cccc(NC(=O)Nc3cccc(Cl)c3Cl)c2)C(C(=O)OCC)=C1C. The van der Waals surface area contributed by atoms with Crippen LogP contribution in [0.2, 0.25) is 10.0 Å². The van der Waals surface area contributed by atoms with Crippen LogP contribution >= 0.6 is 23.2 Å². The van der Waals surface area contributed by atoms with Crippen LogP contribution in [-0.2, 0) is 9.53 Å². The van der Waals surface area contributed by atoms with Crippen LogP contribution in [0.3, 0.4) is 0 Å². The van der Waals surface area contributed by atoms with Gasteiger partial charge >= 0.3 is 18.0 Å². The molecule has 0 spiro atoms. The molecule has 0 aromatic heterocycles. The van der Waals surface area contributed by atoms with Gasteiger partial charge in [0, 0.05) is 17.9 Å². The van der Waals surface area contributed by atoms with Crippen molar-refractivity contribution in [3.05, 3.63) is 69.3 Å². The molecule has 4 amide bonds. The Bertz CT molecular complexity index is 1140. The Labute approximate surface area is 208 Å². The van der Waals surface area contributed by atoms with E-state index in [1.807, 2.05) is 6.92 Å². The predicted molar refractivity (Wildman–Crippen MR) is 133 cm³/mol. The number of nitrogens with zero attached hydrogens (tertiary/aromatic N) is 1. The first-order valence-corrected chi connectivity index (χ1v) is 11.6. The second kappa shape index (κ2) is 11.3. The lowest BCUT2D eigenvalue weighted by atomic mass is 9.94. The number of carbonyl (C=O) groups is 3. The second-order valence-corrected chi connectivity index (χ2v) is 8.34. The Morgan fingerprint density at radius 3 is 2.56 bits per heavy atom. The van der Waals surface area contributed by atoms with Crippen molar-refractivity contribution >= 4 is 52.6 Å². The van der Waals surface area contributed by atoms with E-state index in [2.05, 4.69) is 16.0 Å². The Hall–Kier alpha value is -3.23. The molecule has 1 aliphatic heterocycles. The average molecular weight is 505 g/mol. The highest BCUT2D eigenvalue weighted by molar-refractivity contribution is 6.44. The van der Waals surface area contributed by atoms with Crippen LogP contribution in [-0.4, -0.2) is 36.1 Å². The molecule has 0 fully saturated rings. The monoisotopic (exact) mass is 504 g/mol. The number of hydrogen-bond donors (Lipinski definition) is 3. The molecular formula is C24H26Cl2N4O4. The summed E-state index contributed by atoms with van der Waals surface area (Å²) in [5, 5.41) is 8.82. The van der Waals surface area contributed by atoms with Crippen LogP contribution < -0.4 is 16.0 Å². The molecule has 0 unspecified atom stereocenters. The molecule has 34 heavy (non-hydrogen) atoms. The van der Waals surface area contributed by atoms with Gasteiger partial charge in [-0.3, -0.25) is 4.90 Å². The predicted octanol–water partition coefficient (Wildman–Crippen LogP) is 5.95. The molecule has 3 rings (SSSR count). The molecule has 3 N–H and O–H groups in total. The molecule has 0 saturated carbocycles. The summed E-state index contributed by atoms with van der Waals surface area (Å²) in [6.07, 6.45) is 0.733. The van der Waals surface area contributed by atoms with Gasteiger partial charge in [0.15, 0.2) is 0 Å². The van der Waals surface area contributed by atoms with Crippen LogP contribution in [0.15, 0.2) is 53.7 Å². The van der Waals surface area contributed by atoms with Crippen molar-refractivity contribution in [3.8, 4) is 0 Å². The summed E-state index contributed by atoms with van der Waals surface area (Å²) >= 11 is 12.1. The van der Waals surface area contributed by atoms with E-state index < -0.39 is 18.0 Å². The fraction of sp³-hybridized carbons (Fsp3) is 0.292. The lowest BCUT2D eigenvalue weighted by Crippen LogP contribution is -2.48. The molecule has 1 heterocycles. The largest absolute Gasteiger partial charge is 0.463 e. The third-order valence-corrected chi connectivity index (χ3v) is 6.04. The first-order chi connectivity index (χ1) is 16.3. The van der Waals surface area contributed by atoms with Crippen LogP contribution in [0.25, 0.3) is 0 Å². The third-order valence-electron chi connectivity index (χ3n) is 5.22. The summed E-state index contributed by atoms with van der Waals surface area (Å²) in [5.41, 5.74) is 2.33. The van der Waals surface area contributed by atoms with Gasteiger partial charge in [-0.05, 0) is 50.1 Å². The van der Waals surface area contributed by atoms with Gasteiger partial charge in [0.25, 0.3) is 0 Å². The number of esters is 1. The van der Waals surface area contributed by atoms with Crippen molar-refractivity contribution in [3.63, 3.8) is 0 Å². The Kier molecular flexibility index (Phi) is 8.41. The van der Waals surface area contributed by atoms with E-state index in [1.165, 1.54) is 4.90 Å². The number of urea groups is 2. The first-order valence-electron chi connectivity index (χ1n) is 10.8. The van der Waals surface area contributed by atoms with Gasteiger partial charge in [0.2, 0.25) is 0 Å². The number of ether oxygens (including phenoxy) is 1. The summed E-state index contributed by atoms with van der Waals surface area (Å²) in [7, 11) is 0. The molecule has 0 saturated heterocycles. The van der Waals surface area contributed by atoms with E-state index in [1.54, 1.807) is 56.3 Å². The summed E-state index contributed by atoms with van der Waals surface area (Å²) in [4.78, 5) is 39.6. The van der Waals surface area contributed by atoms with Crippen LogP contribution in [0.4, 0.5) is 21.0 Å². The van der Waals surface area contributed by atoms with Crippen molar-refractivity contribution in [1.82, 2.24) is 10.2 Å². The molecule has 2 aromatic carbocycles. The van der Waals surface area contributed by atoms with E-state index in [4.69, 9.17) is 27.9 Å². The highest BCUT2D eigenvalue weighted by Crippen LogP contribution is 2.33. The number of hydrogen-bond acceptors (Lipinski definition) is 4. The number of benzene rings is 2. The fourth-order valence-corrected chi connectivity index (χ4v) is 4.03. The number of carbonyl (C=O) groups excluding carboxylic acids is 3. The van der Waals surface area contributed by atoms with E-state index in [-0.39, 0.29) is 17.7 Å². The minimum Gasteiger partial charge on any atom is -0.463 e. The maximum atomic E-state index is 12.8. The quantitative estimate of drug-likeness (QED) is 0.405. The van der Waals surface area contributed by atoms with Gasteiger partial charge in [-0.25, -0.2) is 14.4 Å². The summed E-state index contributed by atoms with van der Waals surface area (Å²) in [5.74, 6) is -0.502. The molecule has 0 radical (unpaired) electrons. The van der Waals surface area contributed by atoms with Crippen LogP contribution in [0, 0.1) is 0 Å². The lowest BCUT2D eigenvalue weighted by molar-refractivity contribution is -0.139. The number of anilines is 2. The summed E-state index contributed by atoms with van der Waals surface area (Å²) in [6.45, 7) is 6.09. The highest BCUT2D eigenvalue weighted by atomic mass is 35.5. The molecule has 8 nitrogen and oxygen atoms in total. The average Bonchev–Trinajstić information content (AvgIpc) is 2.79. The molecule has 0 aliphatic carbocycles. The number of rotatable bonds is 7. The van der Waals surface area contributed by atoms with Crippen molar-refractivity contribution < 1.29 is 19.1 Å². The van der Waals surface area contributed by atoms with Crippen LogP contribution in [0.1, 0.15) is 38.8 Å². The van der Waals surface area contributed by atoms with E-state index in [0.717, 1.165) is 6.42 Å². The molecule has 1 atom stereocenters. The molecule has 180 valence electrons. The van der Waals surface area contributed by atoms with Crippen molar-refractivity contribution in [2.75, 3.05) is 23.8 Å². The van der Waals surface area contributed by atoms with Crippen LogP contribution in [0.5, 0.6) is 0 Å². The molecule has 10 heteroatoms. The maximum Gasteiger partial charge on any atom is 0.338 e. The highest BCUT2D eigenvalue weighted by Gasteiger charge is 2.36. The Morgan fingerprint density at radius 2 is 1.85 bits per heavy atom. The molecule has 2 aromatic rings. The Balaban J connectivity index is 1.87. The lowest BCUT2D eigenvalue weighted by Gasteiger charge is -2.35. The topological polar surface area (TPSA) is 99.8 Å². The molecule has 1 aliphatic rings. The molecular weight excluding hydrogens is 479 g/mol. The fourth-order valence-electron chi connectivity index (χ4n) is 3.68. The maximum absolute atomic E-state index is 12.8. The van der Waals surface area contributed by atoms with Gasteiger partial charge < -0.3 is 20.7 Å². The third kappa shape index (κ3) is 5.63. The van der Waals surface area contributed by atoms with E-state index in [0.29, 0.717) is 39.8 Å². The first kappa shape index (κ1) is 25.4. The smallest absolute Gasteiger partial charge is 0.338 e. The zero-order valence-electron chi connectivity index (χ0n) is 19.1. The molecule has 0 bridgehead atoms. The van der Waals surface area contributed by atoms with Crippen molar-refractivity contribution in [2.45, 2.75) is 33.2 Å². The minimum atomic E-state index is -0.730. The van der Waals surface area contributed by atoms with E-state index >= 15 is 0 Å². The Morgan fingerprint density at radius 1 is 1.12 bits per heavy atom. The van der Waals surface area contributed by atoms with Gasteiger partial charge in [-0.2, -0.15) is 0 Å². The normalized spacial score (nSPS) is 15.6. The van der Waals surface area contributed by atoms with Gasteiger partial charge in [-0.1, -0.05) is 48.3 Å². The summed E-state index contributed by atoms with van der Waals surface area (Å²) in [6, 6.07) is 10.2. The second-order valence-electron chi connectivity index (χ2n) is 7.56. The standard InChI is InChI=1S/C24H26Cl2N4O4/c1-4-12-30-14(3)19(22(31)34-5-2)21(29-24(30)33)15-8-6-9-16(13-15)27-23(32)28-18-11-7-10-17(25)20(18)26/h6-11,13,21H,4-5,12H2,1-3H3,(H,29,33)(H2,27,28,32)/t21-/m0/s1. The van der Waals surface area contributed by atoms with Gasteiger partial charge in [0.1, 0.15) is 0 Å². The number of amides is 4. The minimum absolute atomic E-state index is 0.206. The van der Waals surface area contributed by atoms with Gasteiger partial charge in [0.05, 0.1) is 34.0 Å². The zero-order valence-corrected chi connectivity index (χ0v) is 20.6. The number of halogens is 2. The van der Waals surface area contributed by atoms with Gasteiger partial charge in [-0.15, -0.1) is 0 Å². The van der Waals surface area contributed by atoms with E-state index in [9.17, 15) is 14.4 Å². The number of nitrogens with one attached hydrogen (secondary N) is 3. The van der Waals surface area contributed by atoms with Crippen molar-refractivity contribution in [2.24, 2.45) is 0 Å². The summed E-state index contributed by atoms with van der Waals surface area (Å²) < 4.78 is 5.27.